The zero-order chi connectivity index (χ0) is 21.3. The lowest BCUT2D eigenvalue weighted by molar-refractivity contribution is 0.493. The average Bonchev–Trinajstić information content (AvgIpc) is 3.17. The van der Waals surface area contributed by atoms with Crippen LogP contribution >= 0.6 is 0 Å². The molecule has 0 amide bonds. The number of benzene rings is 3. The van der Waals surface area contributed by atoms with Gasteiger partial charge >= 0.3 is 10.1 Å². The van der Waals surface area contributed by atoms with Crippen LogP contribution in [0.1, 0.15) is 30.0 Å². The summed E-state index contributed by atoms with van der Waals surface area (Å²) in [4.78, 5) is 4.56. The van der Waals surface area contributed by atoms with Gasteiger partial charge in [0.1, 0.15) is 17.4 Å². The Kier molecular flexibility index (Phi) is 5.39. The minimum atomic E-state index is -3.56. The number of aliphatic imine (C=N–C) groups is 1. The minimum absolute atomic E-state index is 0.0342. The molecular weight excluding hydrogens is 408 g/mol. The van der Waals surface area contributed by atoms with Crippen molar-refractivity contribution in [3.63, 3.8) is 0 Å². The maximum absolute atomic E-state index is 14.0. The predicted molar refractivity (Wildman–Crippen MR) is 112 cm³/mol. The molecule has 1 unspecified atom stereocenters. The summed E-state index contributed by atoms with van der Waals surface area (Å²) in [6.45, 7) is 0. The number of hydrogen-bond donors (Lipinski definition) is 0. The smallest absolute Gasteiger partial charge is 0.306 e. The van der Waals surface area contributed by atoms with Gasteiger partial charge in [0.25, 0.3) is 0 Å². The van der Waals surface area contributed by atoms with Crippen LogP contribution in [0.4, 0.5) is 8.78 Å². The maximum Gasteiger partial charge on any atom is 0.306 e. The van der Waals surface area contributed by atoms with E-state index in [4.69, 9.17) is 4.18 Å². The molecule has 0 radical (unpaired) electrons. The van der Waals surface area contributed by atoms with Gasteiger partial charge in [-0.05, 0) is 53.8 Å². The molecule has 1 aliphatic heterocycles. The SMILES string of the molecule is CS(=O)(=O)Oc1ccc(-c2ccc(C3CCC(c4c(F)cccc4F)=N3)cc2)cc1. The van der Waals surface area contributed by atoms with Crippen LogP contribution in [0.3, 0.4) is 0 Å². The molecule has 30 heavy (non-hydrogen) atoms. The number of rotatable bonds is 5. The van der Waals surface area contributed by atoms with E-state index < -0.39 is 21.8 Å². The summed E-state index contributed by atoms with van der Waals surface area (Å²) in [6, 6.07) is 18.2. The zero-order valence-corrected chi connectivity index (χ0v) is 17.0. The Labute approximate surface area is 174 Å². The van der Waals surface area contributed by atoms with Crippen molar-refractivity contribution < 1.29 is 21.4 Å². The fourth-order valence-corrected chi connectivity index (χ4v) is 4.03. The average molecular weight is 427 g/mol. The molecule has 3 aromatic rings. The second-order valence-corrected chi connectivity index (χ2v) is 8.74. The van der Waals surface area contributed by atoms with Crippen LogP contribution in [-0.2, 0) is 10.1 Å². The van der Waals surface area contributed by atoms with Crippen molar-refractivity contribution in [2.75, 3.05) is 6.26 Å². The topological polar surface area (TPSA) is 55.7 Å². The Bertz CT molecular complexity index is 1180. The highest BCUT2D eigenvalue weighted by Gasteiger charge is 2.24. The van der Waals surface area contributed by atoms with E-state index >= 15 is 0 Å². The molecule has 3 aromatic carbocycles. The molecular formula is C23H19F2NO3S. The van der Waals surface area contributed by atoms with E-state index in [2.05, 4.69) is 4.99 Å². The van der Waals surface area contributed by atoms with E-state index in [1.165, 1.54) is 18.2 Å². The van der Waals surface area contributed by atoms with Crippen molar-refractivity contribution >= 4 is 15.8 Å². The molecule has 0 saturated carbocycles. The van der Waals surface area contributed by atoms with Crippen LogP contribution in [0.15, 0.2) is 71.7 Å². The summed E-state index contributed by atoms with van der Waals surface area (Å²) in [6.07, 6.45) is 2.21. The van der Waals surface area contributed by atoms with Gasteiger partial charge in [-0.25, -0.2) is 8.78 Å². The maximum atomic E-state index is 14.0. The van der Waals surface area contributed by atoms with Crippen molar-refractivity contribution in [3.05, 3.63) is 89.5 Å². The molecule has 4 rings (SSSR count). The van der Waals surface area contributed by atoms with Crippen LogP contribution in [0.2, 0.25) is 0 Å². The van der Waals surface area contributed by atoms with Gasteiger partial charge < -0.3 is 4.18 Å². The molecule has 4 nitrogen and oxygen atoms in total. The lowest BCUT2D eigenvalue weighted by atomic mass is 9.99. The highest BCUT2D eigenvalue weighted by Crippen LogP contribution is 2.33. The van der Waals surface area contributed by atoms with Crippen molar-refractivity contribution in [2.45, 2.75) is 18.9 Å². The molecule has 0 N–H and O–H groups in total. The van der Waals surface area contributed by atoms with E-state index in [1.54, 1.807) is 24.3 Å². The first-order valence-corrected chi connectivity index (χ1v) is 11.2. The molecule has 0 bridgehead atoms. The second-order valence-electron chi connectivity index (χ2n) is 7.16. The predicted octanol–water partition coefficient (Wildman–Crippen LogP) is 5.29. The van der Waals surface area contributed by atoms with E-state index in [1.807, 2.05) is 24.3 Å². The van der Waals surface area contributed by atoms with E-state index in [0.29, 0.717) is 18.6 Å². The minimum Gasteiger partial charge on any atom is -0.383 e. The van der Waals surface area contributed by atoms with Gasteiger partial charge in [0, 0.05) is 5.71 Å². The van der Waals surface area contributed by atoms with Gasteiger partial charge in [0.15, 0.2) is 0 Å². The number of nitrogens with zero attached hydrogens (tertiary/aromatic N) is 1. The molecule has 0 aromatic heterocycles. The van der Waals surface area contributed by atoms with Crippen LogP contribution in [0.5, 0.6) is 5.75 Å². The summed E-state index contributed by atoms with van der Waals surface area (Å²) in [5.74, 6) is -0.924. The first-order chi connectivity index (χ1) is 14.3. The number of halogens is 2. The van der Waals surface area contributed by atoms with Crippen molar-refractivity contribution in [1.82, 2.24) is 0 Å². The lowest BCUT2D eigenvalue weighted by Gasteiger charge is -2.09. The van der Waals surface area contributed by atoms with Gasteiger partial charge in [-0.2, -0.15) is 8.42 Å². The summed E-state index contributed by atoms with van der Waals surface area (Å²) in [5, 5.41) is 0. The Balaban J connectivity index is 1.52. The number of hydrogen-bond acceptors (Lipinski definition) is 4. The Morgan fingerprint density at radius 2 is 1.47 bits per heavy atom. The molecule has 154 valence electrons. The first kappa shape index (κ1) is 20.2. The van der Waals surface area contributed by atoms with E-state index in [9.17, 15) is 17.2 Å². The van der Waals surface area contributed by atoms with Gasteiger partial charge in [-0.15, -0.1) is 0 Å². The summed E-state index contributed by atoms with van der Waals surface area (Å²) < 4.78 is 55.3. The molecule has 1 heterocycles. The lowest BCUT2D eigenvalue weighted by Crippen LogP contribution is -2.05. The fraction of sp³-hybridized carbons (Fsp3) is 0.174. The molecule has 0 fully saturated rings. The fourth-order valence-electron chi connectivity index (χ4n) is 3.57. The summed E-state index contributed by atoms with van der Waals surface area (Å²) in [7, 11) is -3.56. The summed E-state index contributed by atoms with van der Waals surface area (Å²) in [5.41, 5.74) is 3.26. The zero-order valence-electron chi connectivity index (χ0n) is 16.2. The van der Waals surface area contributed by atoms with Gasteiger partial charge in [-0.1, -0.05) is 42.5 Å². The van der Waals surface area contributed by atoms with Crippen LogP contribution in [0.25, 0.3) is 11.1 Å². The van der Waals surface area contributed by atoms with Crippen molar-refractivity contribution in [3.8, 4) is 16.9 Å². The Hall–Kier alpha value is -3.06. The normalized spacial score (nSPS) is 16.4. The Morgan fingerprint density at radius 3 is 2.03 bits per heavy atom. The van der Waals surface area contributed by atoms with Gasteiger partial charge in [0.05, 0.1) is 17.9 Å². The third-order valence-corrected chi connectivity index (χ3v) is 5.44. The highest BCUT2D eigenvalue weighted by atomic mass is 32.2. The molecule has 7 heteroatoms. The van der Waals surface area contributed by atoms with Crippen LogP contribution < -0.4 is 4.18 Å². The second kappa shape index (κ2) is 7.99. The van der Waals surface area contributed by atoms with Crippen molar-refractivity contribution in [2.24, 2.45) is 4.99 Å². The standard InChI is InChI=1S/C23H19F2NO3S/c1-30(27,28)29-18-11-9-16(10-12-18)15-5-7-17(8-6-15)21-13-14-22(26-21)23-19(24)3-2-4-20(23)25/h2-12,21H,13-14H2,1H3. The molecule has 0 saturated heterocycles. The largest absolute Gasteiger partial charge is 0.383 e. The third-order valence-electron chi connectivity index (χ3n) is 4.95. The monoisotopic (exact) mass is 427 g/mol. The quantitative estimate of drug-likeness (QED) is 0.520. The molecule has 0 aliphatic carbocycles. The highest BCUT2D eigenvalue weighted by molar-refractivity contribution is 7.86. The van der Waals surface area contributed by atoms with Crippen LogP contribution in [-0.4, -0.2) is 20.4 Å². The van der Waals surface area contributed by atoms with E-state index in [-0.39, 0.29) is 17.4 Å². The third kappa shape index (κ3) is 4.41. The molecule has 1 atom stereocenters. The summed E-state index contributed by atoms with van der Waals surface area (Å²) >= 11 is 0. The van der Waals surface area contributed by atoms with E-state index in [0.717, 1.165) is 22.9 Å². The Morgan fingerprint density at radius 1 is 0.900 bits per heavy atom. The van der Waals surface area contributed by atoms with Gasteiger partial charge in [0.2, 0.25) is 0 Å². The molecule has 0 spiro atoms. The first-order valence-electron chi connectivity index (χ1n) is 9.41. The van der Waals surface area contributed by atoms with Gasteiger partial charge in [-0.3, -0.25) is 4.99 Å². The van der Waals surface area contributed by atoms with Crippen LogP contribution in [0, 0.1) is 11.6 Å². The molecule has 1 aliphatic rings. The van der Waals surface area contributed by atoms with Crippen molar-refractivity contribution in [1.29, 1.82) is 0 Å².